The first-order valence-corrected chi connectivity index (χ1v) is 6.75. The maximum absolute atomic E-state index is 5.78. The second kappa shape index (κ2) is 5.61. The van der Waals surface area contributed by atoms with Gasteiger partial charge in [0.1, 0.15) is 5.75 Å². The van der Waals surface area contributed by atoms with Crippen LogP contribution in [0.4, 0.5) is 5.69 Å². The fraction of sp³-hybridized carbons (Fsp3) is 0.600. The van der Waals surface area contributed by atoms with Crippen LogP contribution in [0, 0.1) is 11.8 Å². The Bertz CT molecular complexity index is 403. The van der Waals surface area contributed by atoms with E-state index in [4.69, 9.17) is 10.5 Å². The Kier molecular flexibility index (Phi) is 4.12. The zero-order chi connectivity index (χ0) is 13.1. The number of nitrogens with two attached hydrogens (primary N) is 1. The van der Waals surface area contributed by atoms with Gasteiger partial charge >= 0.3 is 0 Å². The fourth-order valence-corrected chi connectivity index (χ4v) is 2.68. The van der Waals surface area contributed by atoms with Gasteiger partial charge in [0.2, 0.25) is 0 Å². The van der Waals surface area contributed by atoms with E-state index < -0.39 is 0 Å². The quantitative estimate of drug-likeness (QED) is 0.833. The Balaban J connectivity index is 2.02. The number of nitrogen functional groups attached to an aromatic ring is 1. The van der Waals surface area contributed by atoms with Crippen LogP contribution < -0.4 is 10.5 Å². The van der Waals surface area contributed by atoms with Crippen molar-refractivity contribution in [2.75, 3.05) is 25.9 Å². The lowest BCUT2D eigenvalue weighted by Gasteiger charge is -2.19. The molecule has 0 amide bonds. The molecule has 1 aromatic rings. The molecule has 0 radical (unpaired) electrons. The van der Waals surface area contributed by atoms with E-state index in [1.807, 2.05) is 12.1 Å². The average molecular weight is 248 g/mol. The highest BCUT2D eigenvalue weighted by Gasteiger charge is 2.25. The van der Waals surface area contributed by atoms with Crippen molar-refractivity contribution in [1.82, 2.24) is 4.90 Å². The molecule has 18 heavy (non-hydrogen) atoms. The standard InChI is InChI=1S/C15H24N2O/c1-11(2)12-6-7-17(9-12)10-13-4-5-14(16)8-15(13)18-3/h4-5,8,11-12H,6-7,9-10,16H2,1-3H3. The summed E-state index contributed by atoms with van der Waals surface area (Å²) >= 11 is 0. The summed E-state index contributed by atoms with van der Waals surface area (Å²) in [6, 6.07) is 5.94. The molecule has 1 unspecified atom stereocenters. The molecule has 1 aliphatic heterocycles. The van der Waals surface area contributed by atoms with Crippen LogP contribution in [0.2, 0.25) is 0 Å². The normalized spacial score (nSPS) is 20.6. The zero-order valence-electron chi connectivity index (χ0n) is 11.6. The third-order valence-electron chi connectivity index (χ3n) is 3.96. The van der Waals surface area contributed by atoms with Gasteiger partial charge in [-0.25, -0.2) is 0 Å². The van der Waals surface area contributed by atoms with Gasteiger partial charge in [0.05, 0.1) is 7.11 Å². The van der Waals surface area contributed by atoms with Crippen molar-refractivity contribution in [3.63, 3.8) is 0 Å². The van der Waals surface area contributed by atoms with Crippen molar-refractivity contribution < 1.29 is 4.74 Å². The highest BCUT2D eigenvalue weighted by Crippen LogP contribution is 2.28. The number of hydrogen-bond acceptors (Lipinski definition) is 3. The van der Waals surface area contributed by atoms with Crippen LogP contribution in [-0.4, -0.2) is 25.1 Å². The minimum absolute atomic E-state index is 0.761. The fourth-order valence-electron chi connectivity index (χ4n) is 2.68. The summed E-state index contributed by atoms with van der Waals surface area (Å²) in [6.45, 7) is 7.99. The Morgan fingerprint density at radius 3 is 2.83 bits per heavy atom. The van der Waals surface area contributed by atoms with Crippen LogP contribution in [0.25, 0.3) is 0 Å². The van der Waals surface area contributed by atoms with Gasteiger partial charge in [-0.15, -0.1) is 0 Å². The van der Waals surface area contributed by atoms with E-state index in [0.717, 1.165) is 29.8 Å². The molecule has 100 valence electrons. The summed E-state index contributed by atoms with van der Waals surface area (Å²) in [7, 11) is 1.71. The first kappa shape index (κ1) is 13.2. The molecule has 1 fully saturated rings. The van der Waals surface area contributed by atoms with Gasteiger partial charge in [-0.3, -0.25) is 4.90 Å². The van der Waals surface area contributed by atoms with Crippen LogP contribution >= 0.6 is 0 Å². The second-order valence-corrected chi connectivity index (χ2v) is 5.60. The van der Waals surface area contributed by atoms with Gasteiger partial charge in [-0.05, 0) is 30.9 Å². The maximum Gasteiger partial charge on any atom is 0.125 e. The number of anilines is 1. The molecule has 1 aliphatic rings. The summed E-state index contributed by atoms with van der Waals surface area (Å²) in [5.41, 5.74) is 7.77. The van der Waals surface area contributed by atoms with Crippen molar-refractivity contribution in [3.05, 3.63) is 23.8 Å². The SMILES string of the molecule is COc1cc(N)ccc1CN1CCC(C(C)C)C1. The lowest BCUT2D eigenvalue weighted by atomic mass is 9.95. The van der Waals surface area contributed by atoms with Gasteiger partial charge in [0.25, 0.3) is 0 Å². The van der Waals surface area contributed by atoms with Crippen LogP contribution in [0.1, 0.15) is 25.8 Å². The Morgan fingerprint density at radius 2 is 2.22 bits per heavy atom. The molecule has 1 atom stereocenters. The van der Waals surface area contributed by atoms with Gasteiger partial charge in [0, 0.05) is 30.4 Å². The van der Waals surface area contributed by atoms with Crippen molar-refractivity contribution in [2.24, 2.45) is 11.8 Å². The lowest BCUT2D eigenvalue weighted by Crippen LogP contribution is -2.21. The molecule has 1 aromatic carbocycles. The summed E-state index contributed by atoms with van der Waals surface area (Å²) < 4.78 is 5.40. The highest BCUT2D eigenvalue weighted by molar-refractivity contribution is 5.48. The molecular formula is C15H24N2O. The van der Waals surface area contributed by atoms with E-state index in [1.54, 1.807) is 7.11 Å². The topological polar surface area (TPSA) is 38.5 Å². The van der Waals surface area contributed by atoms with Crippen molar-refractivity contribution in [3.8, 4) is 5.75 Å². The number of likely N-dealkylation sites (tertiary alicyclic amines) is 1. The highest BCUT2D eigenvalue weighted by atomic mass is 16.5. The Hall–Kier alpha value is -1.22. The van der Waals surface area contributed by atoms with E-state index >= 15 is 0 Å². The summed E-state index contributed by atoms with van der Waals surface area (Å²) in [5, 5.41) is 0. The molecule has 1 heterocycles. The molecule has 0 saturated carbocycles. The number of benzene rings is 1. The lowest BCUT2D eigenvalue weighted by molar-refractivity contribution is 0.291. The first-order chi connectivity index (χ1) is 8.60. The summed E-state index contributed by atoms with van der Waals surface area (Å²) in [6.07, 6.45) is 1.31. The largest absolute Gasteiger partial charge is 0.496 e. The zero-order valence-corrected chi connectivity index (χ0v) is 11.6. The molecule has 0 aliphatic carbocycles. The molecule has 2 rings (SSSR count). The molecule has 3 heteroatoms. The van der Waals surface area contributed by atoms with Gasteiger partial charge in [-0.1, -0.05) is 19.9 Å². The second-order valence-electron chi connectivity index (χ2n) is 5.60. The number of ether oxygens (including phenoxy) is 1. The molecular weight excluding hydrogens is 224 g/mol. The predicted octanol–water partition coefficient (Wildman–Crippen LogP) is 2.76. The molecule has 0 spiro atoms. The maximum atomic E-state index is 5.78. The monoisotopic (exact) mass is 248 g/mol. The van der Waals surface area contributed by atoms with Gasteiger partial charge in [-0.2, -0.15) is 0 Å². The minimum atomic E-state index is 0.761. The third kappa shape index (κ3) is 2.96. The van der Waals surface area contributed by atoms with Crippen LogP contribution in [0.15, 0.2) is 18.2 Å². The first-order valence-electron chi connectivity index (χ1n) is 6.75. The van der Waals surface area contributed by atoms with Crippen molar-refractivity contribution in [1.29, 1.82) is 0 Å². The van der Waals surface area contributed by atoms with E-state index in [-0.39, 0.29) is 0 Å². The van der Waals surface area contributed by atoms with Gasteiger partial charge in [0.15, 0.2) is 0 Å². The molecule has 1 saturated heterocycles. The molecule has 2 N–H and O–H groups in total. The molecule has 0 bridgehead atoms. The Labute approximate surface area is 110 Å². The van der Waals surface area contributed by atoms with Crippen LogP contribution in [0.3, 0.4) is 0 Å². The van der Waals surface area contributed by atoms with E-state index in [0.29, 0.717) is 0 Å². The van der Waals surface area contributed by atoms with Crippen LogP contribution in [-0.2, 0) is 6.54 Å². The van der Waals surface area contributed by atoms with Crippen molar-refractivity contribution >= 4 is 5.69 Å². The van der Waals surface area contributed by atoms with Crippen molar-refractivity contribution in [2.45, 2.75) is 26.8 Å². The molecule has 0 aromatic heterocycles. The number of rotatable bonds is 4. The number of methoxy groups -OCH3 is 1. The smallest absolute Gasteiger partial charge is 0.125 e. The predicted molar refractivity (Wildman–Crippen MR) is 75.6 cm³/mol. The van der Waals surface area contributed by atoms with E-state index in [2.05, 4.69) is 24.8 Å². The van der Waals surface area contributed by atoms with Crippen LogP contribution in [0.5, 0.6) is 5.75 Å². The number of hydrogen-bond donors (Lipinski definition) is 1. The average Bonchev–Trinajstić information content (AvgIpc) is 2.80. The Morgan fingerprint density at radius 1 is 1.44 bits per heavy atom. The van der Waals surface area contributed by atoms with E-state index in [9.17, 15) is 0 Å². The number of nitrogens with zero attached hydrogens (tertiary/aromatic N) is 1. The third-order valence-corrected chi connectivity index (χ3v) is 3.96. The molecule has 3 nitrogen and oxygen atoms in total. The summed E-state index contributed by atoms with van der Waals surface area (Å²) in [4.78, 5) is 2.51. The van der Waals surface area contributed by atoms with Gasteiger partial charge < -0.3 is 10.5 Å². The van der Waals surface area contributed by atoms with E-state index in [1.165, 1.54) is 25.1 Å². The summed E-state index contributed by atoms with van der Waals surface area (Å²) in [5.74, 6) is 2.52. The minimum Gasteiger partial charge on any atom is -0.496 e.